The molecule has 2 aromatic carbocycles. The van der Waals surface area contributed by atoms with Gasteiger partial charge in [0.15, 0.2) is 11.6 Å². The zero-order valence-electron chi connectivity index (χ0n) is 13.0. The van der Waals surface area contributed by atoms with Crippen LogP contribution in [0.1, 0.15) is 17.0 Å². The number of aromatic amines is 1. The van der Waals surface area contributed by atoms with Crippen LogP contribution in [0.2, 0.25) is 0 Å². The Bertz CT molecular complexity index is 1090. The molecule has 8 heteroatoms. The van der Waals surface area contributed by atoms with E-state index in [1.165, 1.54) is 24.3 Å². The van der Waals surface area contributed by atoms with Gasteiger partial charge in [0, 0.05) is 6.07 Å². The number of nitrogens with one attached hydrogen (secondary N) is 1. The number of phenols is 1. The topological polar surface area (TPSA) is 109 Å². The molecule has 25 heavy (non-hydrogen) atoms. The summed E-state index contributed by atoms with van der Waals surface area (Å²) in [6.45, 7) is 1.83. The van der Waals surface area contributed by atoms with Gasteiger partial charge in [-0.25, -0.2) is 4.98 Å². The number of hydrogen-bond donors (Lipinski definition) is 2. The molecule has 3 rings (SSSR count). The van der Waals surface area contributed by atoms with E-state index in [1.807, 2.05) is 13.0 Å². The van der Waals surface area contributed by atoms with Crippen molar-refractivity contribution in [1.29, 1.82) is 0 Å². The van der Waals surface area contributed by atoms with Gasteiger partial charge in [-0.1, -0.05) is 29.8 Å². The molecule has 1 heterocycles. The number of hydrogen-bond acceptors (Lipinski definition) is 5. The van der Waals surface area contributed by atoms with Gasteiger partial charge in [-0.3, -0.25) is 14.9 Å². The molecule has 3 aromatic rings. The highest BCUT2D eigenvalue weighted by atomic mass is 35.5. The Labute approximate surface area is 146 Å². The van der Waals surface area contributed by atoms with Gasteiger partial charge < -0.3 is 10.1 Å². The van der Waals surface area contributed by atoms with Gasteiger partial charge >= 0.3 is 5.69 Å². The van der Waals surface area contributed by atoms with Crippen molar-refractivity contribution in [1.82, 2.24) is 9.97 Å². The normalized spacial score (nSPS) is 11.7. The molecule has 0 atom stereocenters. The number of benzene rings is 2. The van der Waals surface area contributed by atoms with Gasteiger partial charge in [0.25, 0.3) is 5.56 Å². The van der Waals surface area contributed by atoms with E-state index in [-0.39, 0.29) is 16.4 Å². The van der Waals surface area contributed by atoms with E-state index in [1.54, 1.807) is 12.1 Å². The minimum atomic E-state index is -0.694. The number of nitro groups is 1. The molecule has 0 aliphatic carbocycles. The lowest BCUT2D eigenvalue weighted by molar-refractivity contribution is -0.385. The summed E-state index contributed by atoms with van der Waals surface area (Å²) in [6.07, 6.45) is 1.43. The molecule has 2 N–H and O–H groups in total. The van der Waals surface area contributed by atoms with E-state index < -0.39 is 16.4 Å². The molecule has 0 saturated heterocycles. The van der Waals surface area contributed by atoms with Crippen LogP contribution in [0.5, 0.6) is 5.75 Å². The predicted molar refractivity (Wildman–Crippen MR) is 95.6 cm³/mol. The first-order valence-corrected chi connectivity index (χ1v) is 7.59. The summed E-state index contributed by atoms with van der Waals surface area (Å²) in [6, 6.07) is 9.12. The van der Waals surface area contributed by atoms with E-state index in [0.717, 1.165) is 5.56 Å². The Hall–Kier alpha value is -3.19. The summed E-state index contributed by atoms with van der Waals surface area (Å²) in [7, 11) is 0. The summed E-state index contributed by atoms with van der Waals surface area (Å²) in [5.74, 6) is -0.282. The number of aromatic nitrogens is 2. The van der Waals surface area contributed by atoms with Crippen LogP contribution in [0.3, 0.4) is 0 Å². The standard InChI is InChI=1S/C17H12ClN3O4/c1-9-3-2-4-11-15(9)19-16(20-17(11)23)12(18)7-10-5-6-14(22)13(8-10)21(24)25/h2-8,22H,1H3,(H,19,20,23)/b12-7-. The highest BCUT2D eigenvalue weighted by Gasteiger charge is 2.14. The number of fused-ring (bicyclic) bond motifs is 1. The number of H-pyrrole nitrogens is 1. The first kappa shape index (κ1) is 16.7. The van der Waals surface area contributed by atoms with E-state index in [2.05, 4.69) is 9.97 Å². The smallest absolute Gasteiger partial charge is 0.311 e. The Kier molecular flexibility index (Phi) is 4.24. The molecule has 0 unspecified atom stereocenters. The number of phenolic OH excluding ortho intramolecular Hbond substituents is 1. The van der Waals surface area contributed by atoms with E-state index in [0.29, 0.717) is 16.5 Å². The molecule has 126 valence electrons. The molecule has 0 aliphatic rings. The molecule has 1 aromatic heterocycles. The fourth-order valence-corrected chi connectivity index (χ4v) is 2.62. The number of para-hydroxylation sites is 1. The lowest BCUT2D eigenvalue weighted by Gasteiger charge is -2.04. The monoisotopic (exact) mass is 357 g/mol. The second-order valence-electron chi connectivity index (χ2n) is 5.38. The van der Waals surface area contributed by atoms with Crippen molar-refractivity contribution >= 4 is 39.3 Å². The minimum absolute atomic E-state index is 0.113. The molecule has 7 nitrogen and oxygen atoms in total. The summed E-state index contributed by atoms with van der Waals surface area (Å²) in [5, 5.41) is 20.9. The Morgan fingerprint density at radius 2 is 2.12 bits per heavy atom. The van der Waals surface area contributed by atoms with E-state index in [9.17, 15) is 20.0 Å². The SMILES string of the molecule is Cc1cccc2c(=O)[nH]c(/C(Cl)=C/c3ccc(O)c([N+](=O)[O-])c3)nc12. The summed E-state index contributed by atoms with van der Waals surface area (Å²) < 4.78 is 0. The predicted octanol–water partition coefficient (Wildman–Crippen LogP) is 3.58. The third-order valence-corrected chi connectivity index (χ3v) is 3.94. The van der Waals surface area contributed by atoms with Crippen molar-refractivity contribution in [3.05, 3.63) is 73.8 Å². The summed E-state index contributed by atoms with van der Waals surface area (Å²) >= 11 is 6.23. The molecule has 0 bridgehead atoms. The number of nitrogens with zero attached hydrogens (tertiary/aromatic N) is 2. The molecule has 0 spiro atoms. The van der Waals surface area contributed by atoms with Crippen molar-refractivity contribution in [2.24, 2.45) is 0 Å². The zero-order chi connectivity index (χ0) is 18.1. The first-order valence-electron chi connectivity index (χ1n) is 7.21. The Morgan fingerprint density at radius 3 is 2.84 bits per heavy atom. The average Bonchev–Trinajstić information content (AvgIpc) is 2.57. The van der Waals surface area contributed by atoms with Crippen molar-refractivity contribution in [3.63, 3.8) is 0 Å². The Morgan fingerprint density at radius 1 is 1.36 bits per heavy atom. The number of aromatic hydroxyl groups is 1. The van der Waals surface area contributed by atoms with Crippen molar-refractivity contribution in [2.75, 3.05) is 0 Å². The Balaban J connectivity index is 2.11. The summed E-state index contributed by atoms with van der Waals surface area (Å²) in [5.41, 5.74) is 0.988. The fourth-order valence-electron chi connectivity index (χ4n) is 2.41. The average molecular weight is 358 g/mol. The number of halogens is 1. The second-order valence-corrected chi connectivity index (χ2v) is 5.79. The number of rotatable bonds is 3. The van der Waals surface area contributed by atoms with Crippen LogP contribution in [-0.4, -0.2) is 20.0 Å². The van der Waals surface area contributed by atoms with Crippen LogP contribution in [-0.2, 0) is 0 Å². The van der Waals surface area contributed by atoms with Crippen LogP contribution in [0.15, 0.2) is 41.2 Å². The molecular weight excluding hydrogens is 346 g/mol. The van der Waals surface area contributed by atoms with Crippen LogP contribution in [0.25, 0.3) is 22.0 Å². The maximum absolute atomic E-state index is 12.2. The largest absolute Gasteiger partial charge is 0.502 e. The molecular formula is C17H12ClN3O4. The van der Waals surface area contributed by atoms with Crippen molar-refractivity contribution in [3.8, 4) is 5.75 Å². The van der Waals surface area contributed by atoms with E-state index in [4.69, 9.17) is 11.6 Å². The third-order valence-electron chi connectivity index (χ3n) is 3.65. The van der Waals surface area contributed by atoms with Gasteiger partial charge in [0.2, 0.25) is 0 Å². The quantitative estimate of drug-likeness (QED) is 0.550. The van der Waals surface area contributed by atoms with Gasteiger partial charge in [0.05, 0.1) is 20.9 Å². The van der Waals surface area contributed by atoms with Gasteiger partial charge in [-0.2, -0.15) is 0 Å². The van der Waals surface area contributed by atoms with Gasteiger partial charge in [-0.05, 0) is 36.3 Å². The summed E-state index contributed by atoms with van der Waals surface area (Å²) in [4.78, 5) is 29.4. The van der Waals surface area contributed by atoms with E-state index >= 15 is 0 Å². The lowest BCUT2D eigenvalue weighted by atomic mass is 10.1. The van der Waals surface area contributed by atoms with Crippen LogP contribution < -0.4 is 5.56 Å². The van der Waals surface area contributed by atoms with Crippen LogP contribution in [0.4, 0.5) is 5.69 Å². The lowest BCUT2D eigenvalue weighted by Crippen LogP contribution is -2.11. The second kappa shape index (κ2) is 6.37. The third kappa shape index (κ3) is 3.22. The highest BCUT2D eigenvalue weighted by Crippen LogP contribution is 2.29. The highest BCUT2D eigenvalue weighted by molar-refractivity contribution is 6.50. The maximum atomic E-state index is 12.2. The van der Waals surface area contributed by atoms with Crippen LogP contribution in [0, 0.1) is 17.0 Å². The van der Waals surface area contributed by atoms with Crippen LogP contribution >= 0.6 is 11.6 Å². The first-order chi connectivity index (χ1) is 11.9. The maximum Gasteiger partial charge on any atom is 0.311 e. The number of nitro benzene ring substituents is 1. The minimum Gasteiger partial charge on any atom is -0.502 e. The van der Waals surface area contributed by atoms with Gasteiger partial charge in [0.1, 0.15) is 0 Å². The fraction of sp³-hybridized carbons (Fsp3) is 0.0588. The van der Waals surface area contributed by atoms with Crippen molar-refractivity contribution < 1.29 is 10.0 Å². The molecule has 0 fully saturated rings. The van der Waals surface area contributed by atoms with Crippen molar-refractivity contribution in [2.45, 2.75) is 6.92 Å². The molecule has 0 amide bonds. The molecule has 0 aliphatic heterocycles. The van der Waals surface area contributed by atoms with Gasteiger partial charge in [-0.15, -0.1) is 0 Å². The molecule has 0 radical (unpaired) electrons. The number of aryl methyl sites for hydroxylation is 1. The molecule has 0 saturated carbocycles. The zero-order valence-corrected chi connectivity index (χ0v) is 13.7.